The van der Waals surface area contributed by atoms with Gasteiger partial charge in [0, 0.05) is 26.2 Å². The van der Waals surface area contributed by atoms with Gasteiger partial charge in [-0.2, -0.15) is 0 Å². The van der Waals surface area contributed by atoms with Crippen LogP contribution in [0.1, 0.15) is 29.5 Å². The molecule has 21 heavy (non-hydrogen) atoms. The molecule has 116 valence electrons. The van der Waals surface area contributed by atoms with E-state index in [2.05, 4.69) is 42.3 Å². The summed E-state index contributed by atoms with van der Waals surface area (Å²) in [5, 5.41) is 2.92. The maximum atomic E-state index is 12.1. The van der Waals surface area contributed by atoms with Crippen molar-refractivity contribution in [3.05, 3.63) is 34.9 Å². The van der Waals surface area contributed by atoms with E-state index >= 15 is 0 Å². The number of rotatable bonds is 5. The van der Waals surface area contributed by atoms with Crippen LogP contribution in [-0.2, 0) is 11.3 Å². The molecule has 1 aliphatic rings. The smallest absolute Gasteiger partial charge is 0.224 e. The topological polar surface area (TPSA) is 58.4 Å². The Labute approximate surface area is 127 Å². The predicted molar refractivity (Wildman–Crippen MR) is 86.0 cm³/mol. The van der Waals surface area contributed by atoms with E-state index in [0.29, 0.717) is 13.1 Å². The fourth-order valence-electron chi connectivity index (χ4n) is 2.96. The lowest BCUT2D eigenvalue weighted by molar-refractivity contribution is -0.126. The zero-order chi connectivity index (χ0) is 15.2. The molecule has 4 heteroatoms. The summed E-state index contributed by atoms with van der Waals surface area (Å²) >= 11 is 0. The second-order valence-electron chi connectivity index (χ2n) is 6.08. The standard InChI is InChI=1S/C17H27N3O/c1-13-5-6-14(2)16(10-13)12-20-9-3-4-15(11-20)17(21)19-8-7-18/h5-6,10,15H,3-4,7-9,11-12,18H2,1-2H3,(H,19,21). The molecule has 3 N–H and O–H groups in total. The van der Waals surface area contributed by atoms with E-state index in [1.807, 2.05) is 0 Å². The molecule has 1 fully saturated rings. The number of nitrogens with one attached hydrogen (secondary N) is 1. The van der Waals surface area contributed by atoms with Crippen LogP contribution in [0.5, 0.6) is 0 Å². The van der Waals surface area contributed by atoms with Crippen LogP contribution in [0.25, 0.3) is 0 Å². The molecule has 1 unspecified atom stereocenters. The van der Waals surface area contributed by atoms with E-state index in [9.17, 15) is 4.79 Å². The van der Waals surface area contributed by atoms with Gasteiger partial charge in [-0.1, -0.05) is 23.8 Å². The molecule has 1 aliphatic heterocycles. The molecule has 0 spiro atoms. The maximum absolute atomic E-state index is 12.1. The molecule has 1 aromatic carbocycles. The average Bonchev–Trinajstić information content (AvgIpc) is 2.49. The Hall–Kier alpha value is -1.39. The lowest BCUT2D eigenvalue weighted by atomic mass is 9.96. The Morgan fingerprint density at radius 2 is 2.24 bits per heavy atom. The van der Waals surface area contributed by atoms with Crippen molar-refractivity contribution in [1.29, 1.82) is 0 Å². The second kappa shape index (κ2) is 7.57. The highest BCUT2D eigenvalue weighted by Crippen LogP contribution is 2.20. The summed E-state index contributed by atoms with van der Waals surface area (Å²) in [6, 6.07) is 6.59. The van der Waals surface area contributed by atoms with Crippen molar-refractivity contribution >= 4 is 5.91 Å². The molecule has 1 saturated heterocycles. The van der Waals surface area contributed by atoms with Gasteiger partial charge in [0.25, 0.3) is 0 Å². The number of hydrogen-bond donors (Lipinski definition) is 2. The van der Waals surface area contributed by atoms with Crippen molar-refractivity contribution in [3.8, 4) is 0 Å². The van der Waals surface area contributed by atoms with Crippen LogP contribution in [0.4, 0.5) is 0 Å². The number of hydrogen-bond acceptors (Lipinski definition) is 3. The normalized spacial score (nSPS) is 19.5. The summed E-state index contributed by atoms with van der Waals surface area (Å²) < 4.78 is 0. The van der Waals surface area contributed by atoms with Gasteiger partial charge in [-0.15, -0.1) is 0 Å². The van der Waals surface area contributed by atoms with Crippen LogP contribution >= 0.6 is 0 Å². The number of amides is 1. The molecule has 0 radical (unpaired) electrons. The van der Waals surface area contributed by atoms with Gasteiger partial charge in [0.05, 0.1) is 5.92 Å². The number of likely N-dealkylation sites (tertiary alicyclic amines) is 1. The highest BCUT2D eigenvalue weighted by atomic mass is 16.1. The average molecular weight is 289 g/mol. The third-order valence-electron chi connectivity index (χ3n) is 4.22. The van der Waals surface area contributed by atoms with Gasteiger partial charge in [-0.05, 0) is 44.4 Å². The molecule has 1 atom stereocenters. The second-order valence-corrected chi connectivity index (χ2v) is 6.08. The molecule has 0 saturated carbocycles. The van der Waals surface area contributed by atoms with Crippen LogP contribution < -0.4 is 11.1 Å². The molecule has 4 nitrogen and oxygen atoms in total. The minimum atomic E-state index is 0.107. The summed E-state index contributed by atoms with van der Waals surface area (Å²) in [6.45, 7) is 8.23. The number of carbonyl (C=O) groups excluding carboxylic acids is 1. The Kier molecular flexibility index (Phi) is 5.76. The highest BCUT2D eigenvalue weighted by Gasteiger charge is 2.25. The summed E-state index contributed by atoms with van der Waals surface area (Å²) in [6.07, 6.45) is 2.07. The van der Waals surface area contributed by atoms with Crippen molar-refractivity contribution in [2.75, 3.05) is 26.2 Å². The SMILES string of the molecule is Cc1ccc(C)c(CN2CCCC(C(=O)NCCN)C2)c1. The molecule has 0 aromatic heterocycles. The van der Waals surface area contributed by atoms with Gasteiger partial charge in [0.1, 0.15) is 0 Å². The summed E-state index contributed by atoms with van der Waals surface area (Å²) in [7, 11) is 0. The Balaban J connectivity index is 1.94. The van der Waals surface area contributed by atoms with Crippen LogP contribution in [0.3, 0.4) is 0 Å². The number of nitrogens with two attached hydrogens (primary N) is 1. The number of aryl methyl sites for hydroxylation is 2. The number of carbonyl (C=O) groups is 1. The molecule has 1 amide bonds. The van der Waals surface area contributed by atoms with E-state index in [0.717, 1.165) is 32.5 Å². The predicted octanol–water partition coefficient (Wildman–Crippen LogP) is 1.59. The molecule has 0 bridgehead atoms. The Bertz CT molecular complexity index is 487. The third-order valence-corrected chi connectivity index (χ3v) is 4.22. The van der Waals surface area contributed by atoms with Crippen molar-refractivity contribution in [2.45, 2.75) is 33.2 Å². The summed E-state index contributed by atoms with van der Waals surface area (Å²) in [4.78, 5) is 14.5. The van der Waals surface area contributed by atoms with Crippen molar-refractivity contribution in [2.24, 2.45) is 11.7 Å². The maximum Gasteiger partial charge on any atom is 0.224 e. The first-order valence-electron chi connectivity index (χ1n) is 7.86. The molecular weight excluding hydrogens is 262 g/mol. The van der Waals surface area contributed by atoms with Gasteiger partial charge in [-0.25, -0.2) is 0 Å². The van der Waals surface area contributed by atoms with Crippen LogP contribution in [0, 0.1) is 19.8 Å². The van der Waals surface area contributed by atoms with E-state index in [1.54, 1.807) is 0 Å². The van der Waals surface area contributed by atoms with Crippen LogP contribution in [-0.4, -0.2) is 37.0 Å². The minimum Gasteiger partial charge on any atom is -0.355 e. The van der Waals surface area contributed by atoms with Crippen molar-refractivity contribution < 1.29 is 4.79 Å². The van der Waals surface area contributed by atoms with Crippen molar-refractivity contribution in [3.63, 3.8) is 0 Å². The van der Waals surface area contributed by atoms with Gasteiger partial charge in [-0.3, -0.25) is 9.69 Å². The first kappa shape index (κ1) is 16.0. The van der Waals surface area contributed by atoms with Gasteiger partial charge in [0.15, 0.2) is 0 Å². The molecule has 1 aromatic rings. The number of nitrogens with zero attached hydrogens (tertiary/aromatic N) is 1. The van der Waals surface area contributed by atoms with E-state index in [4.69, 9.17) is 5.73 Å². The molecule has 1 heterocycles. The van der Waals surface area contributed by atoms with E-state index in [1.165, 1.54) is 16.7 Å². The molecular formula is C17H27N3O. The summed E-state index contributed by atoms with van der Waals surface area (Å²) in [5.41, 5.74) is 9.44. The first-order chi connectivity index (χ1) is 10.1. The fraction of sp³-hybridized carbons (Fsp3) is 0.588. The van der Waals surface area contributed by atoms with E-state index in [-0.39, 0.29) is 11.8 Å². The fourth-order valence-corrected chi connectivity index (χ4v) is 2.96. The largest absolute Gasteiger partial charge is 0.355 e. The van der Waals surface area contributed by atoms with Crippen LogP contribution in [0.15, 0.2) is 18.2 Å². The zero-order valence-electron chi connectivity index (χ0n) is 13.2. The minimum absolute atomic E-state index is 0.107. The van der Waals surface area contributed by atoms with Crippen molar-refractivity contribution in [1.82, 2.24) is 10.2 Å². The summed E-state index contributed by atoms with van der Waals surface area (Å²) in [5.74, 6) is 0.265. The van der Waals surface area contributed by atoms with Crippen LogP contribution in [0.2, 0.25) is 0 Å². The van der Waals surface area contributed by atoms with Gasteiger partial charge < -0.3 is 11.1 Å². The molecule has 0 aliphatic carbocycles. The van der Waals surface area contributed by atoms with Gasteiger partial charge >= 0.3 is 0 Å². The lowest BCUT2D eigenvalue weighted by Gasteiger charge is -2.32. The molecule has 2 rings (SSSR count). The monoisotopic (exact) mass is 289 g/mol. The zero-order valence-corrected chi connectivity index (χ0v) is 13.2. The number of piperidine rings is 1. The Morgan fingerprint density at radius 3 is 3.00 bits per heavy atom. The first-order valence-corrected chi connectivity index (χ1v) is 7.86. The van der Waals surface area contributed by atoms with E-state index < -0.39 is 0 Å². The van der Waals surface area contributed by atoms with Gasteiger partial charge in [0.2, 0.25) is 5.91 Å². The number of benzene rings is 1. The Morgan fingerprint density at radius 1 is 1.43 bits per heavy atom. The lowest BCUT2D eigenvalue weighted by Crippen LogP contribution is -2.43. The quantitative estimate of drug-likeness (QED) is 0.865. The third kappa shape index (κ3) is 4.55. The highest BCUT2D eigenvalue weighted by molar-refractivity contribution is 5.78.